The summed E-state index contributed by atoms with van der Waals surface area (Å²) in [6.45, 7) is 2.01. The van der Waals surface area contributed by atoms with Gasteiger partial charge in [-0.15, -0.1) is 0 Å². The Morgan fingerprint density at radius 2 is 2.00 bits per heavy atom. The molecule has 1 fully saturated rings. The number of nitrogens with two attached hydrogens (primary N) is 1. The number of nitrogens with one attached hydrogen (secondary N) is 1. The van der Waals surface area contributed by atoms with E-state index in [1.165, 1.54) is 32.1 Å². The number of hydrogen-bond donors (Lipinski definition) is 2. The van der Waals surface area contributed by atoms with Crippen molar-refractivity contribution in [3.8, 4) is 0 Å². The van der Waals surface area contributed by atoms with Gasteiger partial charge >= 0.3 is 0 Å². The molecule has 0 atom stereocenters. The van der Waals surface area contributed by atoms with Crippen LogP contribution < -0.4 is 11.1 Å². The van der Waals surface area contributed by atoms with Gasteiger partial charge in [0, 0.05) is 17.3 Å². The standard InChI is InChI=1S/C14H20N2O/c1-10-9-11(14(15)17)7-8-13(10)16-12-5-3-2-4-6-12/h7-9,12,16H,2-6H2,1H3,(H2,15,17). The number of primary amides is 1. The second kappa shape index (κ2) is 5.21. The van der Waals surface area contributed by atoms with Crippen LogP contribution in [0.4, 0.5) is 5.69 Å². The summed E-state index contributed by atoms with van der Waals surface area (Å²) in [7, 11) is 0. The lowest BCUT2D eigenvalue weighted by molar-refractivity contribution is 0.1000. The Labute approximate surface area is 102 Å². The van der Waals surface area contributed by atoms with Crippen LogP contribution in [0.1, 0.15) is 48.0 Å². The fraction of sp³-hybridized carbons (Fsp3) is 0.500. The van der Waals surface area contributed by atoms with Crippen molar-refractivity contribution in [2.24, 2.45) is 5.73 Å². The van der Waals surface area contributed by atoms with Gasteiger partial charge in [0.05, 0.1) is 0 Å². The van der Waals surface area contributed by atoms with Crippen LogP contribution in [0.25, 0.3) is 0 Å². The Balaban J connectivity index is 2.08. The van der Waals surface area contributed by atoms with E-state index in [4.69, 9.17) is 5.73 Å². The molecule has 1 aliphatic carbocycles. The van der Waals surface area contributed by atoms with Gasteiger partial charge in [-0.2, -0.15) is 0 Å². The van der Waals surface area contributed by atoms with Crippen LogP contribution in [-0.2, 0) is 0 Å². The number of hydrogen-bond acceptors (Lipinski definition) is 2. The summed E-state index contributed by atoms with van der Waals surface area (Å²) in [6.07, 6.45) is 6.48. The Kier molecular flexibility index (Phi) is 3.67. The number of amides is 1. The van der Waals surface area contributed by atoms with Crippen molar-refractivity contribution in [1.29, 1.82) is 0 Å². The summed E-state index contributed by atoms with van der Waals surface area (Å²) >= 11 is 0. The Hall–Kier alpha value is -1.51. The number of carbonyl (C=O) groups excluding carboxylic acids is 1. The molecule has 3 N–H and O–H groups in total. The molecule has 17 heavy (non-hydrogen) atoms. The molecule has 1 aromatic carbocycles. The molecule has 3 heteroatoms. The molecule has 0 radical (unpaired) electrons. The zero-order chi connectivity index (χ0) is 12.3. The minimum absolute atomic E-state index is 0.364. The minimum Gasteiger partial charge on any atom is -0.382 e. The highest BCUT2D eigenvalue weighted by Gasteiger charge is 2.14. The molecule has 0 bridgehead atoms. The van der Waals surface area contributed by atoms with Crippen molar-refractivity contribution in [2.75, 3.05) is 5.32 Å². The van der Waals surface area contributed by atoms with E-state index in [-0.39, 0.29) is 5.91 Å². The second-order valence-electron chi connectivity index (χ2n) is 4.87. The smallest absolute Gasteiger partial charge is 0.248 e. The lowest BCUT2D eigenvalue weighted by Gasteiger charge is -2.24. The third kappa shape index (κ3) is 2.99. The summed E-state index contributed by atoms with van der Waals surface area (Å²) in [5.41, 5.74) is 8.05. The fourth-order valence-electron chi connectivity index (χ4n) is 2.45. The van der Waals surface area contributed by atoms with E-state index >= 15 is 0 Å². The van der Waals surface area contributed by atoms with Crippen molar-refractivity contribution >= 4 is 11.6 Å². The van der Waals surface area contributed by atoms with Crippen LogP contribution >= 0.6 is 0 Å². The van der Waals surface area contributed by atoms with E-state index in [9.17, 15) is 4.79 Å². The molecule has 0 heterocycles. The zero-order valence-corrected chi connectivity index (χ0v) is 10.3. The highest BCUT2D eigenvalue weighted by molar-refractivity contribution is 5.93. The van der Waals surface area contributed by atoms with Gasteiger partial charge in [0.1, 0.15) is 0 Å². The molecule has 1 amide bonds. The van der Waals surface area contributed by atoms with Crippen LogP contribution in [0.15, 0.2) is 18.2 Å². The average molecular weight is 232 g/mol. The fourth-order valence-corrected chi connectivity index (χ4v) is 2.45. The maximum absolute atomic E-state index is 11.1. The molecular weight excluding hydrogens is 212 g/mol. The lowest BCUT2D eigenvalue weighted by Crippen LogP contribution is -2.22. The number of anilines is 1. The van der Waals surface area contributed by atoms with Crippen LogP contribution in [0, 0.1) is 6.92 Å². The number of benzene rings is 1. The summed E-state index contributed by atoms with van der Waals surface area (Å²) in [5, 5.41) is 3.56. The Morgan fingerprint density at radius 1 is 1.29 bits per heavy atom. The normalized spacial score (nSPS) is 16.8. The Bertz CT molecular complexity index is 409. The van der Waals surface area contributed by atoms with Crippen molar-refractivity contribution in [2.45, 2.75) is 45.1 Å². The number of carbonyl (C=O) groups is 1. The molecule has 0 unspecified atom stereocenters. The number of rotatable bonds is 3. The number of aryl methyl sites for hydroxylation is 1. The van der Waals surface area contributed by atoms with E-state index in [0.29, 0.717) is 11.6 Å². The molecule has 0 aromatic heterocycles. The van der Waals surface area contributed by atoms with E-state index < -0.39 is 0 Å². The zero-order valence-electron chi connectivity index (χ0n) is 10.3. The molecule has 3 nitrogen and oxygen atoms in total. The first-order valence-electron chi connectivity index (χ1n) is 6.34. The summed E-state index contributed by atoms with van der Waals surface area (Å²) in [6, 6.07) is 6.19. The van der Waals surface area contributed by atoms with Gasteiger partial charge in [0.25, 0.3) is 0 Å². The molecule has 1 saturated carbocycles. The van der Waals surface area contributed by atoms with Gasteiger partial charge in [-0.3, -0.25) is 4.79 Å². The molecule has 0 spiro atoms. The maximum atomic E-state index is 11.1. The van der Waals surface area contributed by atoms with Crippen molar-refractivity contribution in [3.63, 3.8) is 0 Å². The van der Waals surface area contributed by atoms with Gasteiger partial charge in [0.2, 0.25) is 5.91 Å². The van der Waals surface area contributed by atoms with E-state index in [2.05, 4.69) is 5.32 Å². The van der Waals surface area contributed by atoms with Crippen molar-refractivity contribution < 1.29 is 4.79 Å². The van der Waals surface area contributed by atoms with Gasteiger partial charge in [0.15, 0.2) is 0 Å². The van der Waals surface area contributed by atoms with Crippen LogP contribution in [-0.4, -0.2) is 11.9 Å². The van der Waals surface area contributed by atoms with Gasteiger partial charge in [-0.25, -0.2) is 0 Å². The third-order valence-electron chi connectivity index (χ3n) is 3.48. The van der Waals surface area contributed by atoms with E-state index in [0.717, 1.165) is 11.3 Å². The summed E-state index contributed by atoms with van der Waals surface area (Å²) in [4.78, 5) is 11.1. The Morgan fingerprint density at radius 3 is 2.59 bits per heavy atom. The molecule has 92 valence electrons. The second-order valence-corrected chi connectivity index (χ2v) is 4.87. The predicted molar refractivity (Wildman–Crippen MR) is 70.2 cm³/mol. The largest absolute Gasteiger partial charge is 0.382 e. The third-order valence-corrected chi connectivity index (χ3v) is 3.48. The van der Waals surface area contributed by atoms with Gasteiger partial charge in [-0.05, 0) is 43.5 Å². The van der Waals surface area contributed by atoms with Crippen LogP contribution in [0.5, 0.6) is 0 Å². The highest BCUT2D eigenvalue weighted by Crippen LogP contribution is 2.24. The van der Waals surface area contributed by atoms with Crippen LogP contribution in [0.2, 0.25) is 0 Å². The summed E-state index contributed by atoms with van der Waals surface area (Å²) < 4.78 is 0. The summed E-state index contributed by atoms with van der Waals surface area (Å²) in [5.74, 6) is -0.364. The van der Waals surface area contributed by atoms with Crippen molar-refractivity contribution in [3.05, 3.63) is 29.3 Å². The lowest BCUT2D eigenvalue weighted by atomic mass is 9.95. The van der Waals surface area contributed by atoms with Crippen LogP contribution in [0.3, 0.4) is 0 Å². The molecule has 2 rings (SSSR count). The van der Waals surface area contributed by atoms with Crippen molar-refractivity contribution in [1.82, 2.24) is 0 Å². The monoisotopic (exact) mass is 232 g/mol. The molecule has 1 aliphatic rings. The minimum atomic E-state index is -0.364. The van der Waals surface area contributed by atoms with Gasteiger partial charge in [-0.1, -0.05) is 19.3 Å². The topological polar surface area (TPSA) is 55.1 Å². The van der Waals surface area contributed by atoms with E-state index in [1.54, 1.807) is 6.07 Å². The molecule has 0 saturated heterocycles. The first-order chi connectivity index (χ1) is 8.16. The molecular formula is C14H20N2O. The predicted octanol–water partition coefficient (Wildman–Crippen LogP) is 2.84. The maximum Gasteiger partial charge on any atom is 0.248 e. The SMILES string of the molecule is Cc1cc(C(N)=O)ccc1NC1CCCCC1. The highest BCUT2D eigenvalue weighted by atomic mass is 16.1. The molecule has 1 aromatic rings. The first kappa shape index (κ1) is 12.0. The average Bonchev–Trinajstić information content (AvgIpc) is 2.33. The van der Waals surface area contributed by atoms with E-state index in [1.807, 2.05) is 19.1 Å². The quantitative estimate of drug-likeness (QED) is 0.842. The first-order valence-corrected chi connectivity index (χ1v) is 6.34. The molecule has 0 aliphatic heterocycles. The van der Waals surface area contributed by atoms with Gasteiger partial charge < -0.3 is 11.1 Å².